The van der Waals surface area contributed by atoms with Crippen molar-refractivity contribution in [2.45, 2.75) is 6.54 Å². The second-order valence-corrected chi connectivity index (χ2v) is 4.05. The van der Waals surface area contributed by atoms with Gasteiger partial charge in [0.2, 0.25) is 0 Å². The summed E-state index contributed by atoms with van der Waals surface area (Å²) in [5.41, 5.74) is 0.852. The average molecular weight is 237 g/mol. The van der Waals surface area contributed by atoms with Gasteiger partial charge in [-0.25, -0.2) is 4.79 Å². The normalized spacial score (nSPS) is 16.9. The number of carboxylic acids is 1. The topological polar surface area (TPSA) is 70.0 Å². The Kier molecular flexibility index (Phi) is 3.61. The van der Waals surface area contributed by atoms with Gasteiger partial charge in [0.15, 0.2) is 0 Å². The molecule has 1 heterocycles. The van der Waals surface area contributed by atoms with Gasteiger partial charge in [-0.1, -0.05) is 6.07 Å². The number of hydrogen-bond donors (Lipinski definition) is 2. The minimum Gasteiger partial charge on any atom is -0.507 e. The zero-order chi connectivity index (χ0) is 12.3. The molecule has 0 atom stereocenters. The highest BCUT2D eigenvalue weighted by Gasteiger charge is 2.13. The third kappa shape index (κ3) is 2.95. The summed E-state index contributed by atoms with van der Waals surface area (Å²) in [6.45, 7) is 3.87. The van der Waals surface area contributed by atoms with E-state index in [4.69, 9.17) is 9.84 Å². The van der Waals surface area contributed by atoms with E-state index in [0.717, 1.165) is 31.9 Å². The summed E-state index contributed by atoms with van der Waals surface area (Å²) < 4.78 is 5.24. The van der Waals surface area contributed by atoms with Gasteiger partial charge in [0.05, 0.1) is 13.2 Å². The summed E-state index contributed by atoms with van der Waals surface area (Å²) in [4.78, 5) is 12.9. The number of carbonyl (C=O) groups is 1. The standard InChI is InChI=1S/C12H15NO4/c14-11-7-9(1-2-10(11)12(15)16)8-13-3-5-17-6-4-13/h1-2,7,14H,3-6,8H2,(H,15,16). The number of nitrogens with zero attached hydrogens (tertiary/aromatic N) is 1. The lowest BCUT2D eigenvalue weighted by Gasteiger charge is -2.26. The van der Waals surface area contributed by atoms with Crippen LogP contribution < -0.4 is 0 Å². The monoisotopic (exact) mass is 237 g/mol. The highest BCUT2D eigenvalue weighted by molar-refractivity contribution is 5.90. The van der Waals surface area contributed by atoms with Crippen molar-refractivity contribution < 1.29 is 19.7 Å². The van der Waals surface area contributed by atoms with Crippen LogP contribution in [0.15, 0.2) is 18.2 Å². The van der Waals surface area contributed by atoms with E-state index in [1.807, 2.05) is 0 Å². The Labute approximate surface area is 99.2 Å². The zero-order valence-corrected chi connectivity index (χ0v) is 9.43. The van der Waals surface area contributed by atoms with Crippen LogP contribution in [0.25, 0.3) is 0 Å². The van der Waals surface area contributed by atoms with Crippen molar-refractivity contribution >= 4 is 5.97 Å². The maximum absolute atomic E-state index is 10.7. The SMILES string of the molecule is O=C(O)c1ccc(CN2CCOCC2)cc1O. The van der Waals surface area contributed by atoms with Gasteiger partial charge in [-0.2, -0.15) is 0 Å². The van der Waals surface area contributed by atoms with Gasteiger partial charge in [0.25, 0.3) is 0 Å². The number of carboxylic acid groups (broad SMARTS) is 1. The van der Waals surface area contributed by atoms with Crippen molar-refractivity contribution in [1.82, 2.24) is 4.90 Å². The van der Waals surface area contributed by atoms with Crippen molar-refractivity contribution in [1.29, 1.82) is 0 Å². The highest BCUT2D eigenvalue weighted by atomic mass is 16.5. The van der Waals surface area contributed by atoms with Gasteiger partial charge in [-0.3, -0.25) is 4.90 Å². The van der Waals surface area contributed by atoms with E-state index < -0.39 is 5.97 Å². The molecule has 0 saturated carbocycles. The lowest BCUT2D eigenvalue weighted by atomic mass is 10.1. The Morgan fingerprint density at radius 3 is 2.65 bits per heavy atom. The first kappa shape index (κ1) is 11.9. The lowest BCUT2D eigenvalue weighted by Crippen LogP contribution is -2.35. The Balaban J connectivity index is 2.06. The van der Waals surface area contributed by atoms with Gasteiger partial charge in [-0.05, 0) is 17.7 Å². The quantitative estimate of drug-likeness (QED) is 0.818. The molecule has 2 N–H and O–H groups in total. The maximum atomic E-state index is 10.7. The fourth-order valence-electron chi connectivity index (χ4n) is 1.87. The summed E-state index contributed by atoms with van der Waals surface area (Å²) in [5.74, 6) is -1.29. The molecule has 92 valence electrons. The molecule has 0 spiro atoms. The molecule has 0 aliphatic carbocycles. The molecule has 1 aliphatic rings. The molecule has 0 unspecified atom stereocenters. The molecule has 1 fully saturated rings. The molecule has 1 saturated heterocycles. The number of ether oxygens (including phenoxy) is 1. The molecule has 1 aliphatic heterocycles. The first-order valence-corrected chi connectivity index (χ1v) is 5.52. The van der Waals surface area contributed by atoms with Crippen molar-refractivity contribution in [3.63, 3.8) is 0 Å². The largest absolute Gasteiger partial charge is 0.507 e. The van der Waals surface area contributed by atoms with Crippen LogP contribution in [0, 0.1) is 0 Å². The lowest BCUT2D eigenvalue weighted by molar-refractivity contribution is 0.0341. The molecule has 5 heteroatoms. The van der Waals surface area contributed by atoms with Crippen molar-refractivity contribution in [3.8, 4) is 5.75 Å². The van der Waals surface area contributed by atoms with Crippen LogP contribution in [-0.2, 0) is 11.3 Å². The molecule has 0 radical (unpaired) electrons. The molecule has 0 amide bonds. The van der Waals surface area contributed by atoms with E-state index in [1.165, 1.54) is 12.1 Å². The Bertz CT molecular complexity index is 413. The molecule has 1 aromatic rings. The van der Waals surface area contributed by atoms with Crippen LogP contribution in [0.4, 0.5) is 0 Å². The van der Waals surface area contributed by atoms with Gasteiger partial charge in [-0.15, -0.1) is 0 Å². The predicted molar refractivity (Wildman–Crippen MR) is 61.2 cm³/mol. The van der Waals surface area contributed by atoms with Gasteiger partial charge >= 0.3 is 5.97 Å². The van der Waals surface area contributed by atoms with E-state index in [-0.39, 0.29) is 11.3 Å². The van der Waals surface area contributed by atoms with Crippen LogP contribution in [0.3, 0.4) is 0 Å². The molecule has 2 rings (SSSR count). The summed E-state index contributed by atoms with van der Waals surface area (Å²) in [6.07, 6.45) is 0. The average Bonchev–Trinajstić information content (AvgIpc) is 2.30. The van der Waals surface area contributed by atoms with Gasteiger partial charge < -0.3 is 14.9 Å². The minimum absolute atomic E-state index is 0.0595. The van der Waals surface area contributed by atoms with E-state index in [9.17, 15) is 9.90 Å². The number of morpholine rings is 1. The molecular formula is C12H15NO4. The van der Waals surface area contributed by atoms with Crippen LogP contribution in [-0.4, -0.2) is 47.4 Å². The van der Waals surface area contributed by atoms with Crippen LogP contribution >= 0.6 is 0 Å². The smallest absolute Gasteiger partial charge is 0.339 e. The number of aromatic carboxylic acids is 1. The molecule has 17 heavy (non-hydrogen) atoms. The van der Waals surface area contributed by atoms with E-state index in [2.05, 4.69) is 4.90 Å². The minimum atomic E-state index is -1.11. The Hall–Kier alpha value is -1.59. The highest BCUT2D eigenvalue weighted by Crippen LogP contribution is 2.20. The van der Waals surface area contributed by atoms with Crippen LogP contribution in [0.2, 0.25) is 0 Å². The number of benzene rings is 1. The maximum Gasteiger partial charge on any atom is 0.339 e. The second kappa shape index (κ2) is 5.16. The first-order valence-electron chi connectivity index (χ1n) is 5.52. The fourth-order valence-corrected chi connectivity index (χ4v) is 1.87. The molecule has 5 nitrogen and oxygen atoms in total. The van der Waals surface area contributed by atoms with Crippen LogP contribution in [0.5, 0.6) is 5.75 Å². The molecule has 0 aromatic heterocycles. The predicted octanol–water partition coefficient (Wildman–Crippen LogP) is 0.923. The van der Waals surface area contributed by atoms with E-state index >= 15 is 0 Å². The Morgan fingerprint density at radius 2 is 2.06 bits per heavy atom. The third-order valence-corrected chi connectivity index (χ3v) is 2.80. The second-order valence-electron chi connectivity index (χ2n) is 4.05. The summed E-state index contributed by atoms with van der Waals surface area (Å²) in [6, 6.07) is 4.69. The molecule has 0 bridgehead atoms. The fraction of sp³-hybridized carbons (Fsp3) is 0.417. The summed E-state index contributed by atoms with van der Waals surface area (Å²) in [5, 5.41) is 18.4. The van der Waals surface area contributed by atoms with E-state index in [0.29, 0.717) is 6.54 Å². The molecular weight excluding hydrogens is 222 g/mol. The van der Waals surface area contributed by atoms with Gasteiger partial charge in [0.1, 0.15) is 11.3 Å². The zero-order valence-electron chi connectivity index (χ0n) is 9.43. The third-order valence-electron chi connectivity index (χ3n) is 2.80. The Morgan fingerprint density at radius 1 is 1.35 bits per heavy atom. The number of rotatable bonds is 3. The van der Waals surface area contributed by atoms with Gasteiger partial charge in [0, 0.05) is 19.6 Å². The number of aromatic hydroxyl groups is 1. The number of hydrogen-bond acceptors (Lipinski definition) is 4. The van der Waals surface area contributed by atoms with E-state index in [1.54, 1.807) is 6.07 Å². The summed E-state index contributed by atoms with van der Waals surface area (Å²) in [7, 11) is 0. The van der Waals surface area contributed by atoms with Crippen molar-refractivity contribution in [2.75, 3.05) is 26.3 Å². The summed E-state index contributed by atoms with van der Waals surface area (Å²) >= 11 is 0. The van der Waals surface area contributed by atoms with Crippen LogP contribution in [0.1, 0.15) is 15.9 Å². The first-order chi connectivity index (χ1) is 8.16. The number of phenols is 1. The van der Waals surface area contributed by atoms with Crippen molar-refractivity contribution in [2.24, 2.45) is 0 Å². The molecule has 1 aromatic carbocycles. The van der Waals surface area contributed by atoms with Crippen molar-refractivity contribution in [3.05, 3.63) is 29.3 Å².